The number of amides is 2. The molecule has 28 heavy (non-hydrogen) atoms. The Labute approximate surface area is 168 Å². The highest BCUT2D eigenvalue weighted by Crippen LogP contribution is 2.40. The average Bonchev–Trinajstić information content (AvgIpc) is 3.03. The minimum Gasteiger partial charge on any atom is -0.481 e. The standard InChI is InChI=1S/C21H24N2O4S/c1-2-13-8-9-15-16(12-13)28-21(23-17(24)10-11-18(25)26)19(15)20(27)22-14-6-4-3-5-7-14/h3-7,13H,2,8-12H2,1H3,(H,22,27)(H,23,24)(H,25,26)/t13-/m1/s1. The number of rotatable bonds is 7. The number of carboxylic acids is 1. The van der Waals surface area contributed by atoms with Gasteiger partial charge in [-0.3, -0.25) is 14.4 Å². The van der Waals surface area contributed by atoms with Crippen molar-refractivity contribution in [3.05, 3.63) is 46.3 Å². The van der Waals surface area contributed by atoms with Crippen LogP contribution in [0.15, 0.2) is 30.3 Å². The molecule has 1 aromatic carbocycles. The molecule has 2 aromatic rings. The molecule has 2 amide bonds. The quantitative estimate of drug-likeness (QED) is 0.645. The Balaban J connectivity index is 1.87. The van der Waals surface area contributed by atoms with Crippen LogP contribution in [-0.2, 0) is 22.4 Å². The second kappa shape index (κ2) is 9.01. The summed E-state index contributed by atoms with van der Waals surface area (Å²) in [5, 5.41) is 15.0. The normalized spacial score (nSPS) is 15.5. The van der Waals surface area contributed by atoms with Crippen LogP contribution >= 0.6 is 11.3 Å². The zero-order valence-corrected chi connectivity index (χ0v) is 16.6. The van der Waals surface area contributed by atoms with Crippen molar-refractivity contribution < 1.29 is 19.5 Å². The molecule has 0 bridgehead atoms. The maximum Gasteiger partial charge on any atom is 0.303 e. The van der Waals surface area contributed by atoms with E-state index in [1.54, 1.807) is 0 Å². The van der Waals surface area contributed by atoms with E-state index in [0.29, 0.717) is 22.2 Å². The second-order valence-corrected chi connectivity index (χ2v) is 8.09. The molecule has 1 aliphatic carbocycles. The fraction of sp³-hybridized carbons (Fsp3) is 0.381. The van der Waals surface area contributed by atoms with Crippen molar-refractivity contribution in [1.29, 1.82) is 0 Å². The van der Waals surface area contributed by atoms with E-state index in [1.165, 1.54) is 11.3 Å². The van der Waals surface area contributed by atoms with Gasteiger partial charge in [0.1, 0.15) is 5.00 Å². The van der Waals surface area contributed by atoms with Gasteiger partial charge in [0.2, 0.25) is 5.91 Å². The Kier molecular flexibility index (Phi) is 6.46. The molecular formula is C21H24N2O4S. The number of thiophene rings is 1. The van der Waals surface area contributed by atoms with Crippen molar-refractivity contribution in [2.75, 3.05) is 10.6 Å². The van der Waals surface area contributed by atoms with Crippen LogP contribution in [0.25, 0.3) is 0 Å². The van der Waals surface area contributed by atoms with E-state index in [4.69, 9.17) is 5.11 Å². The number of hydrogen-bond donors (Lipinski definition) is 3. The monoisotopic (exact) mass is 400 g/mol. The SMILES string of the molecule is CC[C@@H]1CCc2c(sc(NC(=O)CCC(=O)O)c2C(=O)Nc2ccccc2)C1. The van der Waals surface area contributed by atoms with E-state index in [-0.39, 0.29) is 24.7 Å². The summed E-state index contributed by atoms with van der Waals surface area (Å²) in [5.74, 6) is -1.06. The van der Waals surface area contributed by atoms with Crippen molar-refractivity contribution in [3.63, 3.8) is 0 Å². The number of carbonyl (C=O) groups excluding carboxylic acids is 2. The first-order valence-electron chi connectivity index (χ1n) is 9.50. The highest BCUT2D eigenvalue weighted by Gasteiger charge is 2.29. The van der Waals surface area contributed by atoms with Crippen LogP contribution in [0.4, 0.5) is 10.7 Å². The number of nitrogens with one attached hydrogen (secondary N) is 2. The van der Waals surface area contributed by atoms with Crippen LogP contribution in [0.1, 0.15) is 53.4 Å². The van der Waals surface area contributed by atoms with Gasteiger partial charge in [0.25, 0.3) is 5.91 Å². The third-order valence-corrected chi connectivity index (χ3v) is 6.19. The molecule has 0 aliphatic heterocycles. The van der Waals surface area contributed by atoms with Crippen LogP contribution in [0, 0.1) is 5.92 Å². The van der Waals surface area contributed by atoms with Crippen LogP contribution in [0.2, 0.25) is 0 Å². The lowest BCUT2D eigenvalue weighted by Crippen LogP contribution is -2.20. The van der Waals surface area contributed by atoms with Gasteiger partial charge < -0.3 is 15.7 Å². The molecule has 3 rings (SSSR count). The Bertz CT molecular complexity index is 876. The summed E-state index contributed by atoms with van der Waals surface area (Å²) < 4.78 is 0. The van der Waals surface area contributed by atoms with Gasteiger partial charge in [-0.25, -0.2) is 0 Å². The van der Waals surface area contributed by atoms with Crippen molar-refractivity contribution in [2.24, 2.45) is 5.92 Å². The molecule has 0 saturated heterocycles. The number of benzene rings is 1. The number of carbonyl (C=O) groups is 3. The molecule has 148 valence electrons. The van der Waals surface area contributed by atoms with Crippen molar-refractivity contribution in [3.8, 4) is 0 Å². The molecule has 0 unspecified atom stereocenters. The third kappa shape index (κ3) is 4.78. The molecule has 1 aromatic heterocycles. The first kappa shape index (κ1) is 20.1. The van der Waals surface area contributed by atoms with Gasteiger partial charge in [-0.2, -0.15) is 0 Å². The number of carboxylic acid groups (broad SMARTS) is 1. The summed E-state index contributed by atoms with van der Waals surface area (Å²) in [6.45, 7) is 2.17. The summed E-state index contributed by atoms with van der Waals surface area (Å²) >= 11 is 1.44. The first-order valence-corrected chi connectivity index (χ1v) is 10.3. The lowest BCUT2D eigenvalue weighted by atomic mass is 9.85. The Morgan fingerprint density at radius 2 is 1.89 bits per heavy atom. The predicted molar refractivity (Wildman–Crippen MR) is 110 cm³/mol. The second-order valence-electron chi connectivity index (χ2n) is 6.99. The molecule has 6 nitrogen and oxygen atoms in total. The average molecular weight is 401 g/mol. The van der Waals surface area contributed by atoms with E-state index in [2.05, 4.69) is 17.6 Å². The maximum atomic E-state index is 13.0. The van der Waals surface area contributed by atoms with E-state index in [0.717, 1.165) is 36.1 Å². The zero-order chi connectivity index (χ0) is 20.1. The van der Waals surface area contributed by atoms with Gasteiger partial charge in [-0.15, -0.1) is 11.3 Å². The minimum absolute atomic E-state index is 0.116. The molecule has 7 heteroatoms. The van der Waals surface area contributed by atoms with E-state index in [9.17, 15) is 14.4 Å². The van der Waals surface area contributed by atoms with Gasteiger partial charge in [0.05, 0.1) is 12.0 Å². The number of hydrogen-bond acceptors (Lipinski definition) is 4. The maximum absolute atomic E-state index is 13.0. The van der Waals surface area contributed by atoms with E-state index in [1.807, 2.05) is 30.3 Å². The number of aliphatic carboxylic acids is 1. The fourth-order valence-electron chi connectivity index (χ4n) is 3.46. The minimum atomic E-state index is -1.02. The predicted octanol–water partition coefficient (Wildman–Crippen LogP) is 4.32. The first-order chi connectivity index (χ1) is 13.5. The van der Waals surface area contributed by atoms with Gasteiger partial charge in [0.15, 0.2) is 0 Å². The molecule has 0 radical (unpaired) electrons. The molecule has 3 N–H and O–H groups in total. The molecule has 1 heterocycles. The lowest BCUT2D eigenvalue weighted by Gasteiger charge is -2.21. The molecular weight excluding hydrogens is 376 g/mol. The number of para-hydroxylation sites is 1. The zero-order valence-electron chi connectivity index (χ0n) is 15.8. The number of anilines is 2. The lowest BCUT2D eigenvalue weighted by molar-refractivity contribution is -0.138. The largest absolute Gasteiger partial charge is 0.481 e. The highest BCUT2D eigenvalue weighted by atomic mass is 32.1. The van der Waals surface area contributed by atoms with Crippen molar-refractivity contribution in [2.45, 2.75) is 45.4 Å². The van der Waals surface area contributed by atoms with Gasteiger partial charge in [0, 0.05) is 17.0 Å². The summed E-state index contributed by atoms with van der Waals surface area (Å²) in [5.41, 5.74) is 2.22. The van der Waals surface area contributed by atoms with E-state index >= 15 is 0 Å². The summed E-state index contributed by atoms with van der Waals surface area (Å²) in [4.78, 5) is 37.1. The van der Waals surface area contributed by atoms with E-state index < -0.39 is 5.97 Å². The molecule has 0 saturated carbocycles. The van der Waals surface area contributed by atoms with Gasteiger partial charge in [-0.1, -0.05) is 31.5 Å². The van der Waals surface area contributed by atoms with Crippen LogP contribution in [-0.4, -0.2) is 22.9 Å². The van der Waals surface area contributed by atoms with Crippen LogP contribution in [0.3, 0.4) is 0 Å². The highest BCUT2D eigenvalue weighted by molar-refractivity contribution is 7.17. The van der Waals surface area contributed by atoms with Crippen molar-refractivity contribution >= 4 is 39.8 Å². The molecule has 1 atom stereocenters. The Morgan fingerprint density at radius 1 is 1.14 bits per heavy atom. The van der Waals surface area contributed by atoms with Crippen molar-refractivity contribution in [1.82, 2.24) is 0 Å². The van der Waals surface area contributed by atoms with Gasteiger partial charge >= 0.3 is 5.97 Å². The van der Waals surface area contributed by atoms with Crippen LogP contribution < -0.4 is 10.6 Å². The topological polar surface area (TPSA) is 95.5 Å². The van der Waals surface area contributed by atoms with Gasteiger partial charge in [-0.05, 0) is 42.9 Å². The Hall–Kier alpha value is -2.67. The smallest absolute Gasteiger partial charge is 0.303 e. The summed E-state index contributed by atoms with van der Waals surface area (Å²) in [7, 11) is 0. The molecule has 1 aliphatic rings. The molecule has 0 spiro atoms. The molecule has 0 fully saturated rings. The van der Waals surface area contributed by atoms with Crippen LogP contribution in [0.5, 0.6) is 0 Å². The third-order valence-electron chi connectivity index (χ3n) is 5.02. The summed E-state index contributed by atoms with van der Waals surface area (Å²) in [6, 6.07) is 9.20. The Morgan fingerprint density at radius 3 is 2.57 bits per heavy atom. The fourth-order valence-corrected chi connectivity index (χ4v) is 4.83. The number of fused-ring (bicyclic) bond motifs is 1. The summed E-state index contributed by atoms with van der Waals surface area (Å²) in [6.07, 6.45) is 3.48.